The summed E-state index contributed by atoms with van der Waals surface area (Å²) in [4.78, 5) is 2.37. The van der Waals surface area contributed by atoms with Gasteiger partial charge in [0.2, 0.25) is 0 Å². The van der Waals surface area contributed by atoms with Crippen LogP contribution in [0.15, 0.2) is 211 Å². The number of hydrogen-bond acceptors (Lipinski definition) is 2. The lowest BCUT2D eigenvalue weighted by molar-refractivity contribution is 0.669. The average Bonchev–Trinajstić information content (AvgIpc) is 3.81. The number of furan rings is 1. The molecule has 0 N–H and O–H groups in total. The van der Waals surface area contributed by atoms with Crippen LogP contribution in [0.25, 0.3) is 82.5 Å². The van der Waals surface area contributed by atoms with E-state index in [-0.39, 0.29) is 0 Å². The van der Waals surface area contributed by atoms with Crippen molar-refractivity contribution in [2.45, 2.75) is 0 Å². The minimum atomic E-state index is 0.916. The lowest BCUT2D eigenvalue weighted by Gasteiger charge is -2.26. The van der Waals surface area contributed by atoms with Crippen LogP contribution in [0.1, 0.15) is 0 Å². The zero-order valence-corrected chi connectivity index (χ0v) is 29.9. The molecule has 0 unspecified atom stereocenters. The van der Waals surface area contributed by atoms with Crippen molar-refractivity contribution < 1.29 is 4.42 Å². The average molecular weight is 703 g/mol. The molecule has 0 aliphatic heterocycles. The molecule has 0 fully saturated rings. The van der Waals surface area contributed by atoms with E-state index in [9.17, 15) is 0 Å². The smallest absolute Gasteiger partial charge is 0.136 e. The SMILES string of the molecule is c1ccc(-c2ccc(N(c3ccc(-c4cccc5c4ccc4oc6ccccc6c45)cc3)c3ccc4c(c3)c3ccccc3n4-c3ccccc3)cc2)cc1. The van der Waals surface area contributed by atoms with Crippen molar-refractivity contribution in [3.63, 3.8) is 0 Å². The predicted molar refractivity (Wildman–Crippen MR) is 231 cm³/mol. The van der Waals surface area contributed by atoms with Crippen molar-refractivity contribution >= 4 is 71.6 Å². The first kappa shape index (κ1) is 31.2. The van der Waals surface area contributed by atoms with E-state index in [1.165, 1.54) is 60.2 Å². The van der Waals surface area contributed by atoms with Gasteiger partial charge in [-0.05, 0) is 106 Å². The van der Waals surface area contributed by atoms with Gasteiger partial charge in [-0.15, -0.1) is 0 Å². The molecule has 9 aromatic carbocycles. The molecule has 55 heavy (non-hydrogen) atoms. The van der Waals surface area contributed by atoms with Crippen molar-refractivity contribution in [2.24, 2.45) is 0 Å². The van der Waals surface area contributed by atoms with Gasteiger partial charge in [0.1, 0.15) is 11.2 Å². The molecule has 3 heteroatoms. The first-order chi connectivity index (χ1) is 27.3. The summed E-state index contributed by atoms with van der Waals surface area (Å²) in [6.07, 6.45) is 0. The fraction of sp³-hybridized carbons (Fsp3) is 0. The maximum absolute atomic E-state index is 6.23. The Morgan fingerprint density at radius 2 is 0.945 bits per heavy atom. The van der Waals surface area contributed by atoms with Crippen molar-refractivity contribution in [3.05, 3.63) is 206 Å². The van der Waals surface area contributed by atoms with Gasteiger partial charge < -0.3 is 13.9 Å². The van der Waals surface area contributed by atoms with Gasteiger partial charge in [0, 0.05) is 44.3 Å². The molecular weight excluding hydrogens is 669 g/mol. The number of rotatable bonds is 6. The number of benzene rings is 9. The summed E-state index contributed by atoms with van der Waals surface area (Å²) in [5, 5.41) is 7.17. The Morgan fingerprint density at radius 1 is 0.345 bits per heavy atom. The number of hydrogen-bond donors (Lipinski definition) is 0. The third-order valence-corrected chi connectivity index (χ3v) is 11.0. The van der Waals surface area contributed by atoms with Gasteiger partial charge in [-0.2, -0.15) is 0 Å². The number of para-hydroxylation sites is 3. The molecule has 0 atom stereocenters. The quantitative estimate of drug-likeness (QED) is 0.172. The highest BCUT2D eigenvalue weighted by Gasteiger charge is 2.19. The van der Waals surface area contributed by atoms with Gasteiger partial charge in [-0.1, -0.05) is 133 Å². The van der Waals surface area contributed by atoms with Crippen LogP contribution in [0.4, 0.5) is 17.1 Å². The van der Waals surface area contributed by atoms with E-state index in [0.29, 0.717) is 0 Å². The van der Waals surface area contributed by atoms with Crippen molar-refractivity contribution in [2.75, 3.05) is 4.90 Å². The Hall–Kier alpha value is -7.36. The second-order valence-electron chi connectivity index (χ2n) is 14.1. The van der Waals surface area contributed by atoms with E-state index in [1.807, 2.05) is 12.1 Å². The fourth-order valence-corrected chi connectivity index (χ4v) is 8.46. The summed E-state index contributed by atoms with van der Waals surface area (Å²) in [5.74, 6) is 0. The molecule has 11 rings (SSSR count). The Kier molecular flexibility index (Phi) is 7.17. The topological polar surface area (TPSA) is 21.3 Å². The van der Waals surface area contributed by atoms with E-state index in [0.717, 1.165) is 39.3 Å². The molecule has 0 saturated heterocycles. The second-order valence-corrected chi connectivity index (χ2v) is 14.1. The van der Waals surface area contributed by atoms with Gasteiger partial charge >= 0.3 is 0 Å². The van der Waals surface area contributed by atoms with Gasteiger partial charge in [0.05, 0.1) is 11.0 Å². The summed E-state index contributed by atoms with van der Waals surface area (Å²) in [5.41, 5.74) is 13.4. The highest BCUT2D eigenvalue weighted by atomic mass is 16.3. The number of fused-ring (bicyclic) bond motifs is 8. The van der Waals surface area contributed by atoms with Crippen LogP contribution >= 0.6 is 0 Å². The van der Waals surface area contributed by atoms with Crippen molar-refractivity contribution in [1.29, 1.82) is 0 Å². The van der Waals surface area contributed by atoms with Crippen molar-refractivity contribution in [1.82, 2.24) is 4.57 Å². The molecule has 0 saturated carbocycles. The van der Waals surface area contributed by atoms with Crippen LogP contribution in [-0.4, -0.2) is 4.57 Å². The molecular formula is C52H34N2O. The minimum absolute atomic E-state index is 0.916. The molecule has 258 valence electrons. The highest BCUT2D eigenvalue weighted by molar-refractivity contribution is 6.21. The summed E-state index contributed by atoms with van der Waals surface area (Å²) in [6.45, 7) is 0. The highest BCUT2D eigenvalue weighted by Crippen LogP contribution is 2.42. The monoisotopic (exact) mass is 702 g/mol. The standard InChI is InChI=1S/C52H34N2O/c1-3-12-35(13-4-1)36-22-26-39(27-23-36)53(41-30-32-49-47(34-41)44-16-7-9-20-48(44)54(49)38-14-5-2-6-15-38)40-28-24-37(25-29-40)42-18-11-19-45-43(42)31-33-51-52(45)46-17-8-10-21-50(46)55-51/h1-34H. The van der Waals surface area contributed by atoms with Gasteiger partial charge in [0.25, 0.3) is 0 Å². The summed E-state index contributed by atoms with van der Waals surface area (Å²) >= 11 is 0. The number of anilines is 3. The van der Waals surface area contributed by atoms with E-state index < -0.39 is 0 Å². The van der Waals surface area contributed by atoms with Crippen LogP contribution in [0, 0.1) is 0 Å². The molecule has 0 aliphatic carbocycles. The molecule has 0 bridgehead atoms. The summed E-state index contributed by atoms with van der Waals surface area (Å²) < 4.78 is 8.60. The molecule has 0 amide bonds. The summed E-state index contributed by atoms with van der Waals surface area (Å²) in [6, 6.07) is 73.9. The molecule has 0 radical (unpaired) electrons. The minimum Gasteiger partial charge on any atom is -0.456 e. The molecule has 3 nitrogen and oxygen atoms in total. The zero-order valence-electron chi connectivity index (χ0n) is 29.9. The Labute approximate surface area is 318 Å². The van der Waals surface area contributed by atoms with E-state index in [4.69, 9.17) is 4.42 Å². The fourth-order valence-electron chi connectivity index (χ4n) is 8.46. The first-order valence-electron chi connectivity index (χ1n) is 18.8. The van der Waals surface area contributed by atoms with Crippen LogP contribution in [-0.2, 0) is 0 Å². The van der Waals surface area contributed by atoms with Crippen LogP contribution in [0.2, 0.25) is 0 Å². The Balaban J connectivity index is 1.06. The van der Waals surface area contributed by atoms with E-state index in [2.05, 4.69) is 204 Å². The maximum Gasteiger partial charge on any atom is 0.136 e. The van der Waals surface area contributed by atoms with E-state index >= 15 is 0 Å². The molecule has 0 spiro atoms. The lowest BCUT2D eigenvalue weighted by atomic mass is 9.95. The number of nitrogens with zero attached hydrogens (tertiary/aromatic N) is 2. The Morgan fingerprint density at radius 3 is 1.73 bits per heavy atom. The van der Waals surface area contributed by atoms with E-state index in [1.54, 1.807) is 0 Å². The molecule has 2 heterocycles. The van der Waals surface area contributed by atoms with Gasteiger partial charge in [-0.25, -0.2) is 0 Å². The third kappa shape index (κ3) is 5.13. The van der Waals surface area contributed by atoms with Crippen molar-refractivity contribution in [3.8, 4) is 27.9 Å². The molecule has 2 aromatic heterocycles. The second kappa shape index (κ2) is 12.6. The molecule has 0 aliphatic rings. The van der Waals surface area contributed by atoms with Gasteiger partial charge in [0.15, 0.2) is 0 Å². The zero-order chi connectivity index (χ0) is 36.3. The predicted octanol–water partition coefficient (Wildman–Crippen LogP) is 14.6. The Bertz CT molecular complexity index is 3180. The van der Waals surface area contributed by atoms with Gasteiger partial charge in [-0.3, -0.25) is 0 Å². The maximum atomic E-state index is 6.23. The third-order valence-electron chi connectivity index (χ3n) is 11.0. The number of aromatic nitrogens is 1. The summed E-state index contributed by atoms with van der Waals surface area (Å²) in [7, 11) is 0. The molecule has 11 aromatic rings. The van der Waals surface area contributed by atoms with Crippen LogP contribution in [0.3, 0.4) is 0 Å². The lowest BCUT2D eigenvalue weighted by Crippen LogP contribution is -2.10. The largest absolute Gasteiger partial charge is 0.456 e. The van der Waals surface area contributed by atoms with Crippen LogP contribution in [0.5, 0.6) is 0 Å². The van der Waals surface area contributed by atoms with Crippen LogP contribution < -0.4 is 4.90 Å². The normalized spacial score (nSPS) is 11.6. The first-order valence-corrected chi connectivity index (χ1v) is 18.8.